The molecule has 2 rings (SSSR count). The van der Waals surface area contributed by atoms with Gasteiger partial charge in [-0.15, -0.1) is 11.3 Å². The van der Waals surface area contributed by atoms with Gasteiger partial charge in [0.2, 0.25) is 5.91 Å². The van der Waals surface area contributed by atoms with Crippen molar-refractivity contribution >= 4 is 40.1 Å². The van der Waals surface area contributed by atoms with Crippen LogP contribution in [-0.4, -0.2) is 10.9 Å². The predicted octanol–water partition coefficient (Wildman–Crippen LogP) is 3.65. The van der Waals surface area contributed by atoms with Crippen LogP contribution in [0.15, 0.2) is 35.7 Å². The number of anilines is 1. The van der Waals surface area contributed by atoms with E-state index in [1.807, 2.05) is 31.2 Å². The highest BCUT2D eigenvalue weighted by Gasteiger charge is 2.07. The summed E-state index contributed by atoms with van der Waals surface area (Å²) in [6.45, 7) is 1.95. The van der Waals surface area contributed by atoms with Crippen LogP contribution in [0.25, 0.3) is 0 Å². The third-order valence-corrected chi connectivity index (χ3v) is 4.38. The molecular formula is C16H18N2OS2. The standard InChI is InChI=1S/C16H18N2OS2/c1-11-7-8-12(16(17)20)10-14(11)18-15(19)6-2-4-13-5-3-9-21-13/h3,5,7-10H,2,4,6H2,1H3,(H2,17,20)(H,18,19). The van der Waals surface area contributed by atoms with Gasteiger partial charge in [0.1, 0.15) is 4.99 Å². The molecule has 3 N–H and O–H groups in total. The second kappa shape index (κ2) is 7.33. The first kappa shape index (κ1) is 15.7. The van der Waals surface area contributed by atoms with Crippen LogP contribution in [0.4, 0.5) is 5.69 Å². The fourth-order valence-corrected chi connectivity index (χ4v) is 2.88. The Hall–Kier alpha value is -1.72. The van der Waals surface area contributed by atoms with E-state index < -0.39 is 0 Å². The van der Waals surface area contributed by atoms with Crippen LogP contribution in [-0.2, 0) is 11.2 Å². The summed E-state index contributed by atoms with van der Waals surface area (Å²) in [5, 5.41) is 4.99. The van der Waals surface area contributed by atoms with Crippen LogP contribution in [0.5, 0.6) is 0 Å². The molecule has 1 aromatic carbocycles. The van der Waals surface area contributed by atoms with Gasteiger partial charge in [-0.2, -0.15) is 0 Å². The third kappa shape index (κ3) is 4.65. The summed E-state index contributed by atoms with van der Waals surface area (Å²) in [7, 11) is 0. The predicted molar refractivity (Wildman–Crippen MR) is 93.0 cm³/mol. The van der Waals surface area contributed by atoms with Gasteiger partial charge < -0.3 is 11.1 Å². The zero-order valence-corrected chi connectivity index (χ0v) is 13.5. The van der Waals surface area contributed by atoms with Crippen LogP contribution in [0.1, 0.15) is 28.8 Å². The second-order valence-corrected chi connectivity index (χ2v) is 6.35. The number of nitrogens with two attached hydrogens (primary N) is 1. The maximum absolute atomic E-state index is 12.0. The number of thiocarbonyl (C=S) groups is 1. The number of aryl methyl sites for hydroxylation is 2. The lowest BCUT2D eigenvalue weighted by molar-refractivity contribution is -0.116. The molecule has 1 aromatic heterocycles. The fraction of sp³-hybridized carbons (Fsp3) is 0.250. The van der Waals surface area contributed by atoms with Gasteiger partial charge in [0.15, 0.2) is 0 Å². The molecule has 0 saturated heterocycles. The molecule has 1 heterocycles. The molecule has 3 nitrogen and oxygen atoms in total. The minimum atomic E-state index is 0.0229. The van der Waals surface area contributed by atoms with Crippen LogP contribution < -0.4 is 11.1 Å². The highest BCUT2D eigenvalue weighted by molar-refractivity contribution is 7.80. The Balaban J connectivity index is 1.90. The van der Waals surface area contributed by atoms with Gasteiger partial charge in [-0.25, -0.2) is 0 Å². The van der Waals surface area contributed by atoms with Crippen molar-refractivity contribution in [3.63, 3.8) is 0 Å². The topological polar surface area (TPSA) is 55.1 Å². The normalized spacial score (nSPS) is 10.3. The van der Waals surface area contributed by atoms with Gasteiger partial charge in [-0.3, -0.25) is 4.79 Å². The molecule has 0 unspecified atom stereocenters. The maximum atomic E-state index is 12.0. The van der Waals surface area contributed by atoms with E-state index in [-0.39, 0.29) is 5.91 Å². The van der Waals surface area contributed by atoms with E-state index in [9.17, 15) is 4.79 Å². The van der Waals surface area contributed by atoms with E-state index in [1.54, 1.807) is 11.3 Å². The van der Waals surface area contributed by atoms with E-state index in [4.69, 9.17) is 18.0 Å². The molecule has 0 aliphatic rings. The molecule has 5 heteroatoms. The summed E-state index contributed by atoms with van der Waals surface area (Å²) in [6.07, 6.45) is 2.30. The van der Waals surface area contributed by atoms with Crippen molar-refractivity contribution < 1.29 is 4.79 Å². The number of carbonyl (C=O) groups is 1. The molecule has 0 fully saturated rings. The lowest BCUT2D eigenvalue weighted by Gasteiger charge is -2.10. The number of carbonyl (C=O) groups excluding carboxylic acids is 1. The molecule has 21 heavy (non-hydrogen) atoms. The molecule has 0 bridgehead atoms. The fourth-order valence-electron chi connectivity index (χ4n) is 2.00. The van der Waals surface area contributed by atoms with Gasteiger partial charge in [0, 0.05) is 22.5 Å². The van der Waals surface area contributed by atoms with E-state index in [2.05, 4.69) is 16.8 Å². The molecular weight excluding hydrogens is 300 g/mol. The van der Waals surface area contributed by atoms with Gasteiger partial charge in [0.25, 0.3) is 0 Å². The second-order valence-electron chi connectivity index (χ2n) is 4.88. The summed E-state index contributed by atoms with van der Waals surface area (Å²) in [6, 6.07) is 9.73. The summed E-state index contributed by atoms with van der Waals surface area (Å²) in [5.41, 5.74) is 8.17. The zero-order valence-electron chi connectivity index (χ0n) is 11.9. The molecule has 2 aromatic rings. The Bertz CT molecular complexity index is 636. The highest BCUT2D eigenvalue weighted by Crippen LogP contribution is 2.18. The molecule has 0 aliphatic heterocycles. The third-order valence-electron chi connectivity index (χ3n) is 3.20. The number of hydrogen-bond acceptors (Lipinski definition) is 3. The molecule has 1 amide bonds. The molecule has 110 valence electrons. The molecule has 0 saturated carbocycles. The van der Waals surface area contributed by atoms with Crippen molar-refractivity contribution in [2.45, 2.75) is 26.2 Å². The van der Waals surface area contributed by atoms with Crippen LogP contribution in [0.2, 0.25) is 0 Å². The number of rotatable bonds is 6. The van der Waals surface area contributed by atoms with Gasteiger partial charge >= 0.3 is 0 Å². The van der Waals surface area contributed by atoms with Gasteiger partial charge in [-0.05, 0) is 42.8 Å². The first-order chi connectivity index (χ1) is 10.1. The quantitative estimate of drug-likeness (QED) is 0.799. The minimum absolute atomic E-state index is 0.0229. The van der Waals surface area contributed by atoms with Crippen LogP contribution >= 0.6 is 23.6 Å². The summed E-state index contributed by atoms with van der Waals surface area (Å²) in [5.74, 6) is 0.0229. The van der Waals surface area contributed by atoms with Gasteiger partial charge in [-0.1, -0.05) is 30.4 Å². The lowest BCUT2D eigenvalue weighted by atomic mass is 10.1. The average Bonchev–Trinajstić information content (AvgIpc) is 2.94. The minimum Gasteiger partial charge on any atom is -0.389 e. The Morgan fingerprint density at radius 2 is 2.19 bits per heavy atom. The monoisotopic (exact) mass is 318 g/mol. The van der Waals surface area contributed by atoms with E-state index in [0.717, 1.165) is 29.7 Å². The number of benzene rings is 1. The summed E-state index contributed by atoms with van der Waals surface area (Å²) >= 11 is 6.69. The number of thiophene rings is 1. The van der Waals surface area contributed by atoms with E-state index >= 15 is 0 Å². The highest BCUT2D eigenvalue weighted by atomic mass is 32.1. The van der Waals surface area contributed by atoms with Crippen molar-refractivity contribution in [3.8, 4) is 0 Å². The van der Waals surface area contributed by atoms with Crippen molar-refractivity contribution in [2.24, 2.45) is 5.73 Å². The summed E-state index contributed by atoms with van der Waals surface area (Å²) < 4.78 is 0. The van der Waals surface area contributed by atoms with Crippen molar-refractivity contribution in [3.05, 3.63) is 51.7 Å². The Morgan fingerprint density at radius 3 is 2.86 bits per heavy atom. The van der Waals surface area contributed by atoms with Crippen molar-refractivity contribution in [1.82, 2.24) is 0 Å². The Labute approximate surface area is 134 Å². The first-order valence-corrected chi connectivity index (χ1v) is 8.08. The maximum Gasteiger partial charge on any atom is 0.224 e. The zero-order chi connectivity index (χ0) is 15.2. The average molecular weight is 318 g/mol. The first-order valence-electron chi connectivity index (χ1n) is 6.79. The van der Waals surface area contributed by atoms with Gasteiger partial charge in [0.05, 0.1) is 0 Å². The largest absolute Gasteiger partial charge is 0.389 e. The Morgan fingerprint density at radius 1 is 1.38 bits per heavy atom. The van der Waals surface area contributed by atoms with E-state index in [1.165, 1.54) is 4.88 Å². The van der Waals surface area contributed by atoms with Crippen LogP contribution in [0, 0.1) is 6.92 Å². The number of nitrogens with one attached hydrogen (secondary N) is 1. The molecule has 0 aliphatic carbocycles. The number of amides is 1. The molecule has 0 spiro atoms. The van der Waals surface area contributed by atoms with Crippen molar-refractivity contribution in [1.29, 1.82) is 0 Å². The lowest BCUT2D eigenvalue weighted by Crippen LogP contribution is -2.14. The smallest absolute Gasteiger partial charge is 0.224 e. The summed E-state index contributed by atoms with van der Waals surface area (Å²) in [4.78, 5) is 13.7. The van der Waals surface area contributed by atoms with Crippen molar-refractivity contribution in [2.75, 3.05) is 5.32 Å². The Kier molecular flexibility index (Phi) is 5.47. The van der Waals surface area contributed by atoms with Crippen LogP contribution in [0.3, 0.4) is 0 Å². The SMILES string of the molecule is Cc1ccc(C(N)=S)cc1NC(=O)CCCc1cccs1. The molecule has 0 radical (unpaired) electrons. The van der Waals surface area contributed by atoms with E-state index in [0.29, 0.717) is 11.4 Å². The molecule has 0 atom stereocenters. The number of hydrogen-bond donors (Lipinski definition) is 2.